The van der Waals surface area contributed by atoms with Gasteiger partial charge in [0.25, 0.3) is 0 Å². The van der Waals surface area contributed by atoms with Gasteiger partial charge in [0.15, 0.2) is 5.82 Å². The van der Waals surface area contributed by atoms with E-state index in [0.717, 1.165) is 29.0 Å². The molecule has 0 aliphatic carbocycles. The molecule has 13 heteroatoms. The zero-order valence-corrected chi connectivity index (χ0v) is 26.6. The first-order valence-electron chi connectivity index (χ1n) is 14.3. The fourth-order valence-corrected chi connectivity index (χ4v) is 5.30. The van der Waals surface area contributed by atoms with Crippen LogP contribution in [0.5, 0.6) is 5.75 Å². The second kappa shape index (κ2) is 14.4. The standard InChI is InChI=1S/C30H42N6O6S/c1-8-17-36(43(7,39)40)25-21-31-28(34(9-2)10-3)33-26(25)32-24(27(37)42-30(4,5)6)20-22-13-15-23(16-14-22)41-29(38)35-18-11-12-19-35/h1,13-16,21,24H,9-12,17-20H2,2-7H3,(H,31,32,33). The highest BCUT2D eigenvalue weighted by atomic mass is 32.2. The molecule has 0 spiro atoms. The smallest absolute Gasteiger partial charge is 0.415 e. The molecule has 1 unspecified atom stereocenters. The Labute approximate surface area is 254 Å². The third-order valence-corrected chi connectivity index (χ3v) is 7.77. The molecule has 1 aliphatic rings. The second-order valence-electron chi connectivity index (χ2n) is 11.2. The van der Waals surface area contributed by atoms with E-state index in [2.05, 4.69) is 21.2 Å². The minimum absolute atomic E-state index is 0.106. The number of carbonyl (C=O) groups excluding carboxylic acids is 2. The van der Waals surface area contributed by atoms with Crippen LogP contribution in [0.15, 0.2) is 30.5 Å². The normalized spacial score (nSPS) is 14.0. The topological polar surface area (TPSA) is 134 Å². The third-order valence-electron chi connectivity index (χ3n) is 6.64. The molecule has 1 fully saturated rings. The number of terminal acetylenes is 1. The average molecular weight is 615 g/mol. The molecule has 3 rings (SSSR count). The van der Waals surface area contributed by atoms with E-state index in [1.54, 1.807) is 49.9 Å². The number of likely N-dealkylation sites (tertiary alicyclic amines) is 1. The maximum absolute atomic E-state index is 13.5. The van der Waals surface area contributed by atoms with Crippen molar-refractivity contribution in [2.75, 3.05) is 53.5 Å². The van der Waals surface area contributed by atoms with Crippen LogP contribution in [0.1, 0.15) is 53.0 Å². The van der Waals surface area contributed by atoms with Crippen LogP contribution >= 0.6 is 0 Å². The van der Waals surface area contributed by atoms with E-state index in [1.165, 1.54) is 6.20 Å². The molecular formula is C30H42N6O6S. The summed E-state index contributed by atoms with van der Waals surface area (Å²) in [5, 5.41) is 3.14. The van der Waals surface area contributed by atoms with Gasteiger partial charge < -0.3 is 24.6 Å². The molecule has 2 aromatic rings. The highest BCUT2D eigenvalue weighted by Crippen LogP contribution is 2.29. The zero-order valence-electron chi connectivity index (χ0n) is 25.8. The number of esters is 1. The summed E-state index contributed by atoms with van der Waals surface area (Å²) in [4.78, 5) is 38.5. The fourth-order valence-electron chi connectivity index (χ4n) is 4.50. The van der Waals surface area contributed by atoms with E-state index in [9.17, 15) is 18.0 Å². The molecule has 1 aliphatic heterocycles. The maximum atomic E-state index is 13.5. The molecule has 1 aromatic carbocycles. The van der Waals surface area contributed by atoms with Gasteiger partial charge in [0.1, 0.15) is 23.1 Å². The van der Waals surface area contributed by atoms with Gasteiger partial charge in [-0.1, -0.05) is 18.1 Å². The predicted octanol–water partition coefficient (Wildman–Crippen LogP) is 3.68. The Morgan fingerprint density at radius 1 is 1.14 bits per heavy atom. The average Bonchev–Trinajstić information content (AvgIpc) is 3.47. The number of rotatable bonds is 12. The monoisotopic (exact) mass is 614 g/mol. The molecule has 0 saturated carbocycles. The summed E-state index contributed by atoms with van der Waals surface area (Å²) in [6.07, 6.45) is 9.62. The number of hydrogen-bond acceptors (Lipinski definition) is 10. The molecule has 0 radical (unpaired) electrons. The van der Waals surface area contributed by atoms with Crippen LogP contribution in [0.25, 0.3) is 0 Å². The first kappa shape index (κ1) is 33.5. The predicted molar refractivity (Wildman–Crippen MR) is 167 cm³/mol. The second-order valence-corrected chi connectivity index (χ2v) is 13.1. The molecule has 1 aromatic heterocycles. The van der Waals surface area contributed by atoms with Crippen molar-refractivity contribution < 1.29 is 27.5 Å². The van der Waals surface area contributed by atoms with Crippen molar-refractivity contribution in [1.82, 2.24) is 14.9 Å². The van der Waals surface area contributed by atoms with Gasteiger partial charge in [0.05, 0.1) is 19.0 Å². The van der Waals surface area contributed by atoms with Crippen LogP contribution in [0.3, 0.4) is 0 Å². The number of benzene rings is 1. The van der Waals surface area contributed by atoms with Crippen LogP contribution in [0.2, 0.25) is 0 Å². The Balaban J connectivity index is 1.97. The lowest BCUT2D eigenvalue weighted by molar-refractivity contribution is -0.155. The van der Waals surface area contributed by atoms with Crippen molar-refractivity contribution >= 4 is 39.5 Å². The molecule has 1 N–H and O–H groups in total. The Bertz CT molecular complexity index is 1410. The summed E-state index contributed by atoms with van der Waals surface area (Å²) < 4.78 is 37.6. The largest absolute Gasteiger partial charge is 0.458 e. The Morgan fingerprint density at radius 2 is 1.77 bits per heavy atom. The molecule has 0 bridgehead atoms. The van der Waals surface area contributed by atoms with Crippen molar-refractivity contribution in [3.8, 4) is 18.1 Å². The molecular weight excluding hydrogens is 572 g/mol. The summed E-state index contributed by atoms with van der Waals surface area (Å²) in [7, 11) is -3.82. The van der Waals surface area contributed by atoms with E-state index < -0.39 is 27.6 Å². The highest BCUT2D eigenvalue weighted by Gasteiger charge is 2.30. The molecule has 234 valence electrons. The van der Waals surface area contributed by atoms with E-state index in [-0.39, 0.29) is 30.6 Å². The Kier molecular flexibility index (Phi) is 11.2. The lowest BCUT2D eigenvalue weighted by Crippen LogP contribution is -2.39. The zero-order chi connectivity index (χ0) is 31.8. The van der Waals surface area contributed by atoms with E-state index in [4.69, 9.17) is 15.9 Å². The quantitative estimate of drug-likeness (QED) is 0.279. The molecule has 43 heavy (non-hydrogen) atoms. The fraction of sp³-hybridized carbons (Fsp3) is 0.533. The van der Waals surface area contributed by atoms with Gasteiger partial charge in [0, 0.05) is 32.6 Å². The summed E-state index contributed by atoms with van der Waals surface area (Å²) in [6, 6.07) is 5.89. The van der Waals surface area contributed by atoms with Crippen molar-refractivity contribution in [2.24, 2.45) is 0 Å². The van der Waals surface area contributed by atoms with Gasteiger partial charge in [-0.25, -0.2) is 23.0 Å². The number of hydrogen-bond donors (Lipinski definition) is 1. The minimum Gasteiger partial charge on any atom is -0.458 e. The van der Waals surface area contributed by atoms with Crippen LogP contribution in [-0.2, 0) is 26.0 Å². The molecule has 1 amide bonds. The number of nitrogens with one attached hydrogen (secondary N) is 1. The summed E-state index contributed by atoms with van der Waals surface area (Å²) in [5.41, 5.74) is 0.0648. The van der Waals surface area contributed by atoms with Gasteiger partial charge in [-0.2, -0.15) is 4.98 Å². The van der Waals surface area contributed by atoms with Gasteiger partial charge in [0.2, 0.25) is 16.0 Å². The summed E-state index contributed by atoms with van der Waals surface area (Å²) in [6.45, 7) is 11.5. The van der Waals surface area contributed by atoms with Crippen molar-refractivity contribution in [1.29, 1.82) is 0 Å². The third kappa shape index (κ3) is 9.47. The van der Waals surface area contributed by atoms with Gasteiger partial charge in [-0.3, -0.25) is 4.31 Å². The first-order chi connectivity index (χ1) is 20.2. The molecule has 1 saturated heterocycles. The maximum Gasteiger partial charge on any atom is 0.415 e. The van der Waals surface area contributed by atoms with Crippen LogP contribution in [-0.4, -0.2) is 86.0 Å². The van der Waals surface area contributed by atoms with Gasteiger partial charge in [-0.15, -0.1) is 6.42 Å². The summed E-state index contributed by atoms with van der Waals surface area (Å²) >= 11 is 0. The number of carbonyl (C=O) groups is 2. The number of anilines is 3. The van der Waals surface area contributed by atoms with E-state index in [0.29, 0.717) is 37.9 Å². The lowest BCUT2D eigenvalue weighted by Gasteiger charge is -2.28. The lowest BCUT2D eigenvalue weighted by atomic mass is 10.0. The van der Waals surface area contributed by atoms with Gasteiger partial charge >= 0.3 is 12.1 Å². The Hall–Kier alpha value is -4.05. The van der Waals surface area contributed by atoms with E-state index in [1.807, 2.05) is 18.7 Å². The van der Waals surface area contributed by atoms with E-state index >= 15 is 0 Å². The molecule has 2 heterocycles. The van der Waals surface area contributed by atoms with Crippen LogP contribution in [0, 0.1) is 12.3 Å². The van der Waals surface area contributed by atoms with Crippen molar-refractivity contribution in [3.05, 3.63) is 36.0 Å². The molecule has 12 nitrogen and oxygen atoms in total. The highest BCUT2D eigenvalue weighted by molar-refractivity contribution is 7.92. The number of aromatic nitrogens is 2. The summed E-state index contributed by atoms with van der Waals surface area (Å²) in [5.74, 6) is 2.67. The van der Waals surface area contributed by atoms with Crippen molar-refractivity contribution in [2.45, 2.75) is 65.5 Å². The number of amides is 1. The minimum atomic E-state index is -3.82. The Morgan fingerprint density at radius 3 is 2.30 bits per heavy atom. The van der Waals surface area contributed by atoms with Crippen LogP contribution < -0.4 is 19.3 Å². The molecule has 1 atom stereocenters. The number of ether oxygens (including phenoxy) is 2. The van der Waals surface area contributed by atoms with Crippen LogP contribution in [0.4, 0.5) is 22.2 Å². The van der Waals surface area contributed by atoms with Crippen molar-refractivity contribution in [3.63, 3.8) is 0 Å². The van der Waals surface area contributed by atoms with Gasteiger partial charge in [-0.05, 0) is 65.2 Å². The SMILES string of the molecule is C#CCN(c1cnc(N(CC)CC)nc1NC(Cc1ccc(OC(=O)N2CCCC2)cc1)C(=O)OC(C)(C)C)S(C)(=O)=O. The number of sulfonamides is 1. The first-order valence-corrected chi connectivity index (χ1v) is 16.2. The number of nitrogens with zero attached hydrogens (tertiary/aromatic N) is 5.